The number of aryl methyl sites for hydroxylation is 1. The first-order valence-electron chi connectivity index (χ1n) is 6.04. The second-order valence-corrected chi connectivity index (χ2v) is 5.83. The van der Waals surface area contributed by atoms with Gasteiger partial charge in [-0.25, -0.2) is 4.98 Å². The molecule has 0 saturated heterocycles. The fraction of sp³-hybridized carbons (Fsp3) is 0.286. The van der Waals surface area contributed by atoms with Gasteiger partial charge in [0.25, 0.3) is 0 Å². The predicted molar refractivity (Wildman–Crippen MR) is 92.4 cm³/mol. The maximum Gasteiger partial charge on any atom is 0.227 e. The maximum absolute atomic E-state index is 12.1. The largest absolute Gasteiger partial charge is 0.399 e. The predicted octanol–water partition coefficient (Wildman–Crippen LogP) is 3.08. The molecule has 21 heavy (non-hydrogen) atoms. The van der Waals surface area contributed by atoms with Crippen LogP contribution in [0.3, 0.4) is 0 Å². The van der Waals surface area contributed by atoms with Crippen molar-refractivity contribution in [3.05, 3.63) is 45.9 Å². The highest BCUT2D eigenvalue weighted by Gasteiger charge is 2.11. The lowest BCUT2D eigenvalue weighted by atomic mass is 10.1. The third kappa shape index (κ3) is 5.91. The molecule has 2 N–H and O–H groups in total. The van der Waals surface area contributed by atoms with E-state index in [2.05, 4.69) is 4.98 Å². The van der Waals surface area contributed by atoms with E-state index in [-0.39, 0.29) is 30.7 Å². The van der Waals surface area contributed by atoms with Gasteiger partial charge in [-0.2, -0.15) is 0 Å². The van der Waals surface area contributed by atoms with Crippen molar-refractivity contribution in [3.63, 3.8) is 0 Å². The fourth-order valence-electron chi connectivity index (χ4n) is 1.75. The molecule has 7 heteroatoms. The molecule has 2 aromatic rings. The molecule has 0 aliphatic carbocycles. The molecule has 0 spiro atoms. The van der Waals surface area contributed by atoms with E-state index in [0.717, 1.165) is 15.4 Å². The fourth-order valence-corrected chi connectivity index (χ4v) is 2.59. The van der Waals surface area contributed by atoms with Crippen LogP contribution in [-0.4, -0.2) is 22.8 Å². The molecule has 1 aromatic heterocycles. The summed E-state index contributed by atoms with van der Waals surface area (Å²) in [5.41, 5.74) is 7.31. The SMILES string of the molecule is Cc1ncc(CN(C)C(=O)Cc2ccc(N)cc2)s1.Cl.Cl. The summed E-state index contributed by atoms with van der Waals surface area (Å²) >= 11 is 1.62. The molecule has 0 unspecified atom stereocenters. The van der Waals surface area contributed by atoms with Crippen LogP contribution in [0, 0.1) is 6.92 Å². The molecule has 1 heterocycles. The number of hydrogen-bond donors (Lipinski definition) is 1. The van der Waals surface area contributed by atoms with E-state index in [1.165, 1.54) is 0 Å². The minimum atomic E-state index is 0. The van der Waals surface area contributed by atoms with Gasteiger partial charge in [0, 0.05) is 23.8 Å². The maximum atomic E-state index is 12.1. The third-order valence-electron chi connectivity index (χ3n) is 2.82. The Morgan fingerprint density at radius 2 is 1.90 bits per heavy atom. The lowest BCUT2D eigenvalue weighted by molar-refractivity contribution is -0.129. The van der Waals surface area contributed by atoms with Gasteiger partial charge in [-0.1, -0.05) is 12.1 Å². The first-order chi connectivity index (χ1) is 9.04. The molecule has 1 amide bonds. The van der Waals surface area contributed by atoms with Gasteiger partial charge in [0.05, 0.1) is 18.0 Å². The summed E-state index contributed by atoms with van der Waals surface area (Å²) < 4.78 is 0. The number of nitrogens with zero attached hydrogens (tertiary/aromatic N) is 2. The van der Waals surface area contributed by atoms with Crippen LogP contribution in [0.15, 0.2) is 30.5 Å². The Kier molecular flexibility index (Phi) is 8.32. The molecule has 2 rings (SSSR count). The lowest BCUT2D eigenvalue weighted by Gasteiger charge is -2.16. The summed E-state index contributed by atoms with van der Waals surface area (Å²) in [5, 5.41) is 1.02. The van der Waals surface area contributed by atoms with Crippen molar-refractivity contribution < 1.29 is 4.79 Å². The normalized spacial score (nSPS) is 9.43. The molecular weight excluding hydrogens is 329 g/mol. The van der Waals surface area contributed by atoms with E-state index in [0.29, 0.717) is 18.7 Å². The molecule has 0 fully saturated rings. The van der Waals surface area contributed by atoms with Crippen LogP contribution in [0.1, 0.15) is 15.4 Å². The Morgan fingerprint density at radius 3 is 2.43 bits per heavy atom. The Morgan fingerprint density at radius 1 is 1.29 bits per heavy atom. The number of anilines is 1. The van der Waals surface area contributed by atoms with Crippen molar-refractivity contribution in [2.75, 3.05) is 12.8 Å². The van der Waals surface area contributed by atoms with E-state index in [1.54, 1.807) is 16.2 Å². The van der Waals surface area contributed by atoms with Crippen molar-refractivity contribution >= 4 is 47.7 Å². The van der Waals surface area contributed by atoms with E-state index in [1.807, 2.05) is 44.4 Å². The van der Waals surface area contributed by atoms with Crippen LogP contribution in [0.4, 0.5) is 5.69 Å². The summed E-state index contributed by atoms with van der Waals surface area (Å²) in [7, 11) is 1.81. The number of nitrogens with two attached hydrogens (primary N) is 1. The van der Waals surface area contributed by atoms with Crippen molar-refractivity contribution in [2.45, 2.75) is 19.9 Å². The van der Waals surface area contributed by atoms with Crippen LogP contribution in [0.2, 0.25) is 0 Å². The standard InChI is InChI=1S/C14H17N3OS.2ClH/c1-10-16-8-13(19-10)9-17(2)14(18)7-11-3-5-12(15)6-4-11;;/h3-6,8H,7,9,15H2,1-2H3;2*1H. The monoisotopic (exact) mass is 347 g/mol. The van der Waals surface area contributed by atoms with Crippen molar-refractivity contribution in [1.29, 1.82) is 0 Å². The van der Waals surface area contributed by atoms with Gasteiger partial charge in [0.15, 0.2) is 0 Å². The number of aromatic nitrogens is 1. The minimum absolute atomic E-state index is 0. The average molecular weight is 348 g/mol. The van der Waals surface area contributed by atoms with Crippen molar-refractivity contribution in [3.8, 4) is 0 Å². The molecule has 0 saturated carbocycles. The zero-order valence-electron chi connectivity index (χ0n) is 11.9. The number of halogens is 2. The summed E-state index contributed by atoms with van der Waals surface area (Å²) in [6, 6.07) is 7.40. The van der Waals surface area contributed by atoms with Gasteiger partial charge in [-0.15, -0.1) is 36.2 Å². The molecule has 0 aliphatic heterocycles. The molecule has 0 aliphatic rings. The van der Waals surface area contributed by atoms with Crippen LogP contribution in [0.5, 0.6) is 0 Å². The highest BCUT2D eigenvalue weighted by atomic mass is 35.5. The molecule has 4 nitrogen and oxygen atoms in total. The highest BCUT2D eigenvalue weighted by molar-refractivity contribution is 7.11. The molecule has 0 atom stereocenters. The average Bonchev–Trinajstić information content (AvgIpc) is 2.77. The highest BCUT2D eigenvalue weighted by Crippen LogP contribution is 2.14. The topological polar surface area (TPSA) is 59.2 Å². The molecular formula is C14H19Cl2N3OS. The number of carbonyl (C=O) groups is 1. The number of amides is 1. The number of carbonyl (C=O) groups excluding carboxylic acids is 1. The first kappa shape index (κ1) is 19.7. The van der Waals surface area contributed by atoms with Gasteiger partial charge >= 0.3 is 0 Å². The lowest BCUT2D eigenvalue weighted by Crippen LogP contribution is -2.27. The van der Waals surface area contributed by atoms with Crippen molar-refractivity contribution in [1.82, 2.24) is 9.88 Å². The van der Waals surface area contributed by atoms with E-state index >= 15 is 0 Å². The van der Waals surface area contributed by atoms with Gasteiger partial charge in [-0.05, 0) is 24.6 Å². The molecule has 1 aromatic carbocycles. The van der Waals surface area contributed by atoms with Gasteiger partial charge < -0.3 is 10.6 Å². The summed E-state index contributed by atoms with van der Waals surface area (Å²) in [6.45, 7) is 2.57. The number of likely N-dealkylation sites (N-methyl/N-ethyl adjacent to an activating group) is 1. The summed E-state index contributed by atoms with van der Waals surface area (Å²) in [4.78, 5) is 19.1. The second-order valence-electron chi connectivity index (χ2n) is 4.51. The molecule has 0 bridgehead atoms. The van der Waals surface area contributed by atoms with Crippen LogP contribution in [-0.2, 0) is 17.8 Å². The van der Waals surface area contributed by atoms with E-state index in [9.17, 15) is 4.79 Å². The number of thiazole rings is 1. The molecule has 116 valence electrons. The van der Waals surface area contributed by atoms with Gasteiger partial charge in [0.1, 0.15) is 0 Å². The summed E-state index contributed by atoms with van der Waals surface area (Å²) in [5.74, 6) is 0.0934. The smallest absolute Gasteiger partial charge is 0.227 e. The summed E-state index contributed by atoms with van der Waals surface area (Å²) in [6.07, 6.45) is 2.22. The van der Waals surface area contributed by atoms with Crippen LogP contribution >= 0.6 is 36.2 Å². The Balaban J connectivity index is 0.00000200. The van der Waals surface area contributed by atoms with Gasteiger partial charge in [0.2, 0.25) is 5.91 Å². The second kappa shape index (κ2) is 8.87. The third-order valence-corrected chi connectivity index (χ3v) is 3.72. The Labute approximate surface area is 141 Å². The quantitative estimate of drug-likeness (QED) is 0.864. The number of benzene rings is 1. The molecule has 0 radical (unpaired) electrons. The van der Waals surface area contributed by atoms with Gasteiger partial charge in [-0.3, -0.25) is 4.79 Å². The minimum Gasteiger partial charge on any atom is -0.399 e. The number of rotatable bonds is 4. The zero-order valence-corrected chi connectivity index (χ0v) is 14.4. The van der Waals surface area contributed by atoms with Crippen LogP contribution in [0.25, 0.3) is 0 Å². The number of nitrogen functional groups attached to an aromatic ring is 1. The van der Waals surface area contributed by atoms with Crippen LogP contribution < -0.4 is 5.73 Å². The first-order valence-corrected chi connectivity index (χ1v) is 6.86. The van der Waals surface area contributed by atoms with E-state index < -0.39 is 0 Å². The zero-order chi connectivity index (χ0) is 13.8. The van der Waals surface area contributed by atoms with E-state index in [4.69, 9.17) is 5.73 Å². The number of hydrogen-bond acceptors (Lipinski definition) is 4. The Bertz CT molecular complexity index is 572. The van der Waals surface area contributed by atoms with Crippen molar-refractivity contribution in [2.24, 2.45) is 0 Å². The Hall–Kier alpha value is -1.30.